The molecular formula is C18H29IN4. The van der Waals surface area contributed by atoms with Crippen LogP contribution in [0.1, 0.15) is 38.2 Å². The number of unbranched alkanes of at least 4 members (excludes halogenated alkanes) is 3. The summed E-state index contributed by atoms with van der Waals surface area (Å²) in [6, 6.07) is 8.54. The summed E-state index contributed by atoms with van der Waals surface area (Å²) in [4.78, 5) is 6.76. The van der Waals surface area contributed by atoms with E-state index in [1.165, 1.54) is 30.5 Å². The predicted octanol–water partition coefficient (Wildman–Crippen LogP) is 3.67. The Morgan fingerprint density at radius 1 is 1.22 bits per heavy atom. The van der Waals surface area contributed by atoms with Crippen molar-refractivity contribution in [1.82, 2.24) is 5.32 Å². The van der Waals surface area contributed by atoms with Crippen LogP contribution in [-0.2, 0) is 6.54 Å². The molecule has 0 atom stereocenters. The first kappa shape index (κ1) is 19.8. The SMILES string of the molecule is CCCCCCNC(N)=NCc1cccc(N2CC=CC2)c1.I. The number of hydrogen-bond acceptors (Lipinski definition) is 2. The maximum absolute atomic E-state index is 5.91. The summed E-state index contributed by atoms with van der Waals surface area (Å²) in [6.07, 6.45) is 9.35. The summed E-state index contributed by atoms with van der Waals surface area (Å²) >= 11 is 0. The van der Waals surface area contributed by atoms with Crippen LogP contribution in [0.5, 0.6) is 0 Å². The molecule has 0 aromatic heterocycles. The Morgan fingerprint density at radius 2 is 2.00 bits per heavy atom. The van der Waals surface area contributed by atoms with Crippen LogP contribution in [0, 0.1) is 0 Å². The number of benzene rings is 1. The molecule has 1 aliphatic rings. The molecule has 0 saturated carbocycles. The van der Waals surface area contributed by atoms with Crippen LogP contribution in [-0.4, -0.2) is 25.6 Å². The summed E-state index contributed by atoms with van der Waals surface area (Å²) < 4.78 is 0. The molecule has 5 heteroatoms. The van der Waals surface area contributed by atoms with Crippen LogP contribution in [0.4, 0.5) is 5.69 Å². The summed E-state index contributed by atoms with van der Waals surface area (Å²) in [5, 5.41) is 3.19. The number of guanidine groups is 1. The van der Waals surface area contributed by atoms with E-state index in [4.69, 9.17) is 5.73 Å². The zero-order chi connectivity index (χ0) is 15.6. The quantitative estimate of drug-likeness (QED) is 0.219. The average molecular weight is 428 g/mol. The number of nitrogens with one attached hydrogen (secondary N) is 1. The second-order valence-corrected chi connectivity index (χ2v) is 5.74. The molecule has 2 rings (SSSR count). The molecule has 1 heterocycles. The molecule has 128 valence electrons. The maximum Gasteiger partial charge on any atom is 0.188 e. The van der Waals surface area contributed by atoms with Crippen molar-refractivity contribution in [1.29, 1.82) is 0 Å². The molecule has 1 aromatic rings. The number of hydrogen-bond donors (Lipinski definition) is 2. The Labute approximate surface area is 157 Å². The van der Waals surface area contributed by atoms with Gasteiger partial charge >= 0.3 is 0 Å². The van der Waals surface area contributed by atoms with Gasteiger partial charge in [0.05, 0.1) is 6.54 Å². The number of halogens is 1. The second-order valence-electron chi connectivity index (χ2n) is 5.74. The van der Waals surface area contributed by atoms with Gasteiger partial charge in [-0.15, -0.1) is 24.0 Å². The molecule has 0 bridgehead atoms. The van der Waals surface area contributed by atoms with Crippen molar-refractivity contribution in [2.45, 2.75) is 39.2 Å². The Hall–Kier alpha value is -1.24. The van der Waals surface area contributed by atoms with E-state index in [9.17, 15) is 0 Å². The molecule has 23 heavy (non-hydrogen) atoms. The molecule has 1 aliphatic heterocycles. The summed E-state index contributed by atoms with van der Waals surface area (Å²) in [5.74, 6) is 0.546. The molecular weight excluding hydrogens is 399 g/mol. The zero-order valence-electron chi connectivity index (χ0n) is 14.0. The predicted molar refractivity (Wildman–Crippen MR) is 111 cm³/mol. The molecule has 0 aliphatic carbocycles. The minimum absolute atomic E-state index is 0. The zero-order valence-corrected chi connectivity index (χ0v) is 16.3. The van der Waals surface area contributed by atoms with Crippen LogP contribution >= 0.6 is 24.0 Å². The first-order valence-electron chi connectivity index (χ1n) is 8.32. The Kier molecular flexibility index (Phi) is 9.75. The van der Waals surface area contributed by atoms with E-state index in [1.54, 1.807) is 0 Å². The number of nitrogens with two attached hydrogens (primary N) is 1. The number of nitrogens with zero attached hydrogens (tertiary/aromatic N) is 2. The standard InChI is InChI=1S/C18H28N4.HI/c1-2-3-4-5-11-20-18(19)21-15-16-9-8-10-17(14-16)22-12-6-7-13-22;/h6-10,14H,2-5,11-13,15H2,1H3,(H3,19,20,21);1H. The van der Waals surface area contributed by atoms with E-state index in [2.05, 4.69) is 58.6 Å². The van der Waals surface area contributed by atoms with E-state index in [0.717, 1.165) is 26.1 Å². The van der Waals surface area contributed by atoms with Gasteiger partial charge in [0, 0.05) is 25.3 Å². The van der Waals surface area contributed by atoms with Gasteiger partial charge in [-0.25, -0.2) is 4.99 Å². The van der Waals surface area contributed by atoms with Crippen molar-refractivity contribution in [2.75, 3.05) is 24.5 Å². The van der Waals surface area contributed by atoms with Gasteiger partial charge in [-0.2, -0.15) is 0 Å². The molecule has 0 fully saturated rings. The Balaban J connectivity index is 0.00000264. The van der Waals surface area contributed by atoms with Crippen LogP contribution in [0.15, 0.2) is 41.4 Å². The van der Waals surface area contributed by atoms with Crippen LogP contribution < -0.4 is 16.0 Å². The normalized spacial score (nSPS) is 14.0. The van der Waals surface area contributed by atoms with E-state index in [-0.39, 0.29) is 24.0 Å². The van der Waals surface area contributed by atoms with Gasteiger partial charge in [0.25, 0.3) is 0 Å². The minimum Gasteiger partial charge on any atom is -0.370 e. The van der Waals surface area contributed by atoms with Gasteiger partial charge in [-0.05, 0) is 24.1 Å². The van der Waals surface area contributed by atoms with Crippen molar-refractivity contribution in [2.24, 2.45) is 10.7 Å². The van der Waals surface area contributed by atoms with E-state index >= 15 is 0 Å². The molecule has 0 saturated heterocycles. The largest absolute Gasteiger partial charge is 0.370 e. The molecule has 0 amide bonds. The van der Waals surface area contributed by atoms with E-state index in [1.807, 2.05) is 0 Å². The lowest BCUT2D eigenvalue weighted by atomic mass is 10.2. The van der Waals surface area contributed by atoms with Crippen molar-refractivity contribution in [3.05, 3.63) is 42.0 Å². The van der Waals surface area contributed by atoms with E-state index < -0.39 is 0 Å². The third-order valence-corrected chi connectivity index (χ3v) is 3.86. The van der Waals surface area contributed by atoms with Crippen molar-refractivity contribution < 1.29 is 0 Å². The van der Waals surface area contributed by atoms with Crippen LogP contribution in [0.3, 0.4) is 0 Å². The number of rotatable bonds is 8. The third kappa shape index (κ3) is 7.24. The molecule has 1 aromatic carbocycles. The highest BCUT2D eigenvalue weighted by Crippen LogP contribution is 2.18. The topological polar surface area (TPSA) is 53.6 Å². The fourth-order valence-electron chi connectivity index (χ4n) is 2.54. The van der Waals surface area contributed by atoms with Gasteiger partial charge < -0.3 is 16.0 Å². The van der Waals surface area contributed by atoms with Crippen LogP contribution in [0.25, 0.3) is 0 Å². The first-order valence-corrected chi connectivity index (χ1v) is 8.32. The summed E-state index contributed by atoms with van der Waals surface area (Å²) in [6.45, 7) is 5.75. The van der Waals surface area contributed by atoms with Crippen molar-refractivity contribution in [3.8, 4) is 0 Å². The summed E-state index contributed by atoms with van der Waals surface area (Å²) in [5.41, 5.74) is 8.36. The lowest BCUT2D eigenvalue weighted by Gasteiger charge is -2.18. The third-order valence-electron chi connectivity index (χ3n) is 3.86. The van der Waals surface area contributed by atoms with Gasteiger partial charge in [0.2, 0.25) is 0 Å². The maximum atomic E-state index is 5.91. The average Bonchev–Trinajstić information content (AvgIpc) is 3.07. The Bertz CT molecular complexity index is 505. The van der Waals surface area contributed by atoms with Crippen molar-refractivity contribution >= 4 is 35.6 Å². The van der Waals surface area contributed by atoms with Gasteiger partial charge in [0.15, 0.2) is 5.96 Å². The fourth-order valence-corrected chi connectivity index (χ4v) is 2.54. The first-order chi connectivity index (χ1) is 10.8. The highest BCUT2D eigenvalue weighted by molar-refractivity contribution is 14.0. The number of anilines is 1. The molecule has 0 radical (unpaired) electrons. The fraction of sp³-hybridized carbons (Fsp3) is 0.500. The molecule has 4 nitrogen and oxygen atoms in total. The lowest BCUT2D eigenvalue weighted by molar-refractivity contribution is 0.652. The lowest BCUT2D eigenvalue weighted by Crippen LogP contribution is -2.32. The molecule has 0 unspecified atom stereocenters. The monoisotopic (exact) mass is 428 g/mol. The molecule has 3 N–H and O–H groups in total. The minimum atomic E-state index is 0. The highest BCUT2D eigenvalue weighted by atomic mass is 127. The Morgan fingerprint density at radius 3 is 2.74 bits per heavy atom. The van der Waals surface area contributed by atoms with Crippen LogP contribution in [0.2, 0.25) is 0 Å². The highest BCUT2D eigenvalue weighted by Gasteiger charge is 2.07. The van der Waals surface area contributed by atoms with Gasteiger partial charge in [0.1, 0.15) is 0 Å². The van der Waals surface area contributed by atoms with E-state index in [0.29, 0.717) is 12.5 Å². The number of aliphatic imine (C=N–C) groups is 1. The van der Waals surface area contributed by atoms with Gasteiger partial charge in [-0.1, -0.05) is 50.5 Å². The smallest absolute Gasteiger partial charge is 0.188 e. The van der Waals surface area contributed by atoms with Crippen molar-refractivity contribution in [3.63, 3.8) is 0 Å². The van der Waals surface area contributed by atoms with Gasteiger partial charge in [-0.3, -0.25) is 0 Å². The summed E-state index contributed by atoms with van der Waals surface area (Å²) in [7, 11) is 0. The molecule has 0 spiro atoms. The second kappa shape index (κ2) is 11.3.